The van der Waals surface area contributed by atoms with E-state index in [1.54, 1.807) is 0 Å². The zero-order chi connectivity index (χ0) is 14.5. The standard InChI is InChI=1S/C17H22N2O2/c20-17-14-19(12-15-4-2-1-3-5-15)7-6-16(17)13-18-8-10-21-11-9-18/h1-7,20H,8-14H2. The van der Waals surface area contributed by atoms with E-state index in [9.17, 15) is 5.11 Å². The third-order valence-electron chi connectivity index (χ3n) is 3.94. The quantitative estimate of drug-likeness (QED) is 0.920. The fourth-order valence-corrected chi connectivity index (χ4v) is 2.71. The van der Waals surface area contributed by atoms with E-state index < -0.39 is 0 Å². The molecular weight excluding hydrogens is 264 g/mol. The van der Waals surface area contributed by atoms with Gasteiger partial charge in [0.2, 0.25) is 0 Å². The van der Waals surface area contributed by atoms with Crippen molar-refractivity contribution in [1.29, 1.82) is 0 Å². The van der Waals surface area contributed by atoms with Gasteiger partial charge in [0.05, 0.1) is 19.8 Å². The van der Waals surface area contributed by atoms with Gasteiger partial charge in [0.25, 0.3) is 0 Å². The van der Waals surface area contributed by atoms with E-state index in [1.807, 2.05) is 24.3 Å². The summed E-state index contributed by atoms with van der Waals surface area (Å²) in [6.45, 7) is 5.69. The SMILES string of the molecule is OC1=C(CN2CCOCC2)C=CN(Cc2ccccc2)C1. The summed E-state index contributed by atoms with van der Waals surface area (Å²) >= 11 is 0. The molecule has 21 heavy (non-hydrogen) atoms. The van der Waals surface area contributed by atoms with Gasteiger partial charge >= 0.3 is 0 Å². The lowest BCUT2D eigenvalue weighted by molar-refractivity contribution is 0.0420. The molecule has 0 aliphatic carbocycles. The molecule has 1 N–H and O–H groups in total. The first kappa shape index (κ1) is 14.2. The molecule has 0 saturated carbocycles. The van der Waals surface area contributed by atoms with E-state index in [0.29, 0.717) is 12.3 Å². The molecule has 2 aliphatic rings. The van der Waals surface area contributed by atoms with E-state index in [-0.39, 0.29) is 0 Å². The van der Waals surface area contributed by atoms with Crippen LogP contribution in [0.1, 0.15) is 5.56 Å². The normalized spacial score (nSPS) is 20.1. The topological polar surface area (TPSA) is 35.9 Å². The molecule has 1 aromatic rings. The molecule has 0 atom stereocenters. The van der Waals surface area contributed by atoms with E-state index in [2.05, 4.69) is 28.1 Å². The molecule has 112 valence electrons. The third-order valence-corrected chi connectivity index (χ3v) is 3.94. The fraction of sp³-hybridized carbons (Fsp3) is 0.412. The Morgan fingerprint density at radius 2 is 1.81 bits per heavy atom. The highest BCUT2D eigenvalue weighted by atomic mass is 16.5. The van der Waals surface area contributed by atoms with Gasteiger partial charge in [0.15, 0.2) is 0 Å². The molecule has 0 radical (unpaired) electrons. The second-order valence-electron chi connectivity index (χ2n) is 5.57. The second kappa shape index (κ2) is 6.78. The summed E-state index contributed by atoms with van der Waals surface area (Å²) in [4.78, 5) is 4.46. The summed E-state index contributed by atoms with van der Waals surface area (Å²) in [5.74, 6) is 0.486. The molecular formula is C17H22N2O2. The third kappa shape index (κ3) is 3.86. The van der Waals surface area contributed by atoms with Crippen molar-refractivity contribution in [2.45, 2.75) is 6.54 Å². The van der Waals surface area contributed by atoms with Gasteiger partial charge in [0, 0.05) is 38.0 Å². The molecule has 0 spiro atoms. The van der Waals surface area contributed by atoms with Crippen molar-refractivity contribution < 1.29 is 9.84 Å². The average Bonchev–Trinajstić information content (AvgIpc) is 2.52. The summed E-state index contributed by atoms with van der Waals surface area (Å²) in [6, 6.07) is 10.3. The highest BCUT2D eigenvalue weighted by Crippen LogP contribution is 2.17. The maximum absolute atomic E-state index is 10.3. The fourth-order valence-electron chi connectivity index (χ4n) is 2.71. The predicted octanol–water partition coefficient (Wildman–Crippen LogP) is 2.16. The largest absolute Gasteiger partial charge is 0.510 e. The number of ether oxygens (including phenoxy) is 1. The number of hydrogen-bond donors (Lipinski definition) is 1. The predicted molar refractivity (Wildman–Crippen MR) is 82.9 cm³/mol. The highest BCUT2D eigenvalue weighted by molar-refractivity contribution is 5.28. The lowest BCUT2D eigenvalue weighted by Crippen LogP contribution is -2.38. The van der Waals surface area contributed by atoms with Crippen LogP contribution >= 0.6 is 0 Å². The summed E-state index contributed by atoms with van der Waals surface area (Å²) in [7, 11) is 0. The minimum absolute atomic E-state index is 0.486. The molecule has 2 aliphatic heterocycles. The van der Waals surface area contributed by atoms with Crippen molar-refractivity contribution in [3.63, 3.8) is 0 Å². The van der Waals surface area contributed by atoms with Crippen molar-refractivity contribution in [2.75, 3.05) is 39.4 Å². The van der Waals surface area contributed by atoms with Gasteiger partial charge in [-0.05, 0) is 11.6 Å². The van der Waals surface area contributed by atoms with Crippen molar-refractivity contribution in [3.05, 3.63) is 59.5 Å². The van der Waals surface area contributed by atoms with Gasteiger partial charge in [-0.2, -0.15) is 0 Å². The summed E-state index contributed by atoms with van der Waals surface area (Å²) in [5, 5.41) is 10.3. The average molecular weight is 286 g/mol. The Hall–Kier alpha value is -1.78. The van der Waals surface area contributed by atoms with Crippen molar-refractivity contribution >= 4 is 0 Å². The summed E-state index contributed by atoms with van der Waals surface area (Å²) in [5.41, 5.74) is 2.28. The van der Waals surface area contributed by atoms with Gasteiger partial charge < -0.3 is 14.7 Å². The number of morpholine rings is 1. The number of aliphatic hydroxyl groups is 1. The molecule has 1 saturated heterocycles. The molecule has 1 fully saturated rings. The Morgan fingerprint density at radius 1 is 1.05 bits per heavy atom. The lowest BCUT2D eigenvalue weighted by atomic mass is 10.1. The van der Waals surface area contributed by atoms with Gasteiger partial charge in [-0.25, -0.2) is 0 Å². The Morgan fingerprint density at radius 3 is 2.52 bits per heavy atom. The molecule has 0 unspecified atom stereocenters. The number of nitrogens with zero attached hydrogens (tertiary/aromatic N) is 2. The van der Waals surface area contributed by atoms with Crippen LogP contribution in [0.5, 0.6) is 0 Å². The Kier molecular flexibility index (Phi) is 4.58. The van der Waals surface area contributed by atoms with Crippen molar-refractivity contribution in [2.24, 2.45) is 0 Å². The van der Waals surface area contributed by atoms with Gasteiger partial charge in [0.1, 0.15) is 5.76 Å². The first-order valence-corrected chi connectivity index (χ1v) is 7.48. The molecule has 4 heteroatoms. The first-order chi connectivity index (χ1) is 10.3. The van der Waals surface area contributed by atoms with Crippen LogP contribution < -0.4 is 0 Å². The zero-order valence-corrected chi connectivity index (χ0v) is 12.2. The Balaban J connectivity index is 1.57. The Bertz CT molecular complexity index is 519. The van der Waals surface area contributed by atoms with Crippen LogP contribution in [0.25, 0.3) is 0 Å². The van der Waals surface area contributed by atoms with Crippen LogP contribution in [0.4, 0.5) is 0 Å². The van der Waals surface area contributed by atoms with E-state index in [0.717, 1.165) is 45.0 Å². The molecule has 1 aromatic carbocycles. The Labute approximate surface area is 125 Å². The van der Waals surface area contributed by atoms with Crippen LogP contribution in [0, 0.1) is 0 Å². The number of benzene rings is 1. The first-order valence-electron chi connectivity index (χ1n) is 7.48. The van der Waals surface area contributed by atoms with E-state index in [4.69, 9.17) is 4.74 Å². The molecule has 0 aromatic heterocycles. The van der Waals surface area contributed by atoms with Gasteiger partial charge in [-0.15, -0.1) is 0 Å². The minimum Gasteiger partial charge on any atom is -0.510 e. The number of hydrogen-bond acceptors (Lipinski definition) is 4. The molecule has 0 bridgehead atoms. The summed E-state index contributed by atoms with van der Waals surface area (Å²) in [6.07, 6.45) is 4.12. The van der Waals surface area contributed by atoms with Gasteiger partial charge in [-0.3, -0.25) is 4.90 Å². The van der Waals surface area contributed by atoms with Crippen LogP contribution in [-0.4, -0.2) is 54.3 Å². The zero-order valence-electron chi connectivity index (χ0n) is 12.2. The van der Waals surface area contributed by atoms with Gasteiger partial charge in [-0.1, -0.05) is 30.3 Å². The molecule has 3 rings (SSSR count). The number of rotatable bonds is 4. The molecule has 0 amide bonds. The molecule has 4 nitrogen and oxygen atoms in total. The van der Waals surface area contributed by atoms with Crippen molar-refractivity contribution in [3.8, 4) is 0 Å². The van der Waals surface area contributed by atoms with Crippen LogP contribution in [0.2, 0.25) is 0 Å². The molecule has 2 heterocycles. The van der Waals surface area contributed by atoms with E-state index >= 15 is 0 Å². The van der Waals surface area contributed by atoms with Crippen LogP contribution in [0.15, 0.2) is 53.9 Å². The van der Waals surface area contributed by atoms with E-state index in [1.165, 1.54) is 5.56 Å². The van der Waals surface area contributed by atoms with Crippen molar-refractivity contribution in [1.82, 2.24) is 9.80 Å². The maximum atomic E-state index is 10.3. The second-order valence-corrected chi connectivity index (χ2v) is 5.57. The van der Waals surface area contributed by atoms with Crippen LogP contribution in [0.3, 0.4) is 0 Å². The van der Waals surface area contributed by atoms with Crippen LogP contribution in [-0.2, 0) is 11.3 Å². The lowest BCUT2D eigenvalue weighted by Gasteiger charge is -2.30. The highest BCUT2D eigenvalue weighted by Gasteiger charge is 2.17. The monoisotopic (exact) mass is 286 g/mol. The maximum Gasteiger partial charge on any atom is 0.116 e. The minimum atomic E-state index is 0.486. The smallest absolute Gasteiger partial charge is 0.116 e. The summed E-state index contributed by atoms with van der Waals surface area (Å²) < 4.78 is 5.35. The number of aliphatic hydroxyl groups excluding tert-OH is 1.